The third-order valence-electron chi connectivity index (χ3n) is 8.93. The molecule has 3 N–H and O–H groups in total. The molecule has 290 valence electrons. The lowest BCUT2D eigenvalue weighted by Crippen LogP contribution is -2.33. The normalized spacial score (nSPS) is 16.1. The highest BCUT2D eigenvalue weighted by atomic mass is 16.6. The lowest BCUT2D eigenvalue weighted by Gasteiger charge is -2.22. The van der Waals surface area contributed by atoms with Gasteiger partial charge in [-0.15, -0.1) is 0 Å². The third-order valence-corrected chi connectivity index (χ3v) is 8.93. The van der Waals surface area contributed by atoms with Crippen LogP contribution in [0.4, 0.5) is 9.59 Å². The number of Topliss-reactive ketones (excluding diaryl/α,β-unsaturated/α-hetero) is 1. The van der Waals surface area contributed by atoms with Crippen LogP contribution in [0.5, 0.6) is 11.5 Å². The van der Waals surface area contributed by atoms with Crippen molar-refractivity contribution < 1.29 is 38.4 Å². The summed E-state index contributed by atoms with van der Waals surface area (Å²) in [6, 6.07) is 14.9. The molecule has 0 bridgehead atoms. The summed E-state index contributed by atoms with van der Waals surface area (Å²) < 4.78 is 22.2. The van der Waals surface area contributed by atoms with Crippen LogP contribution < -0.4 is 20.1 Å². The number of hydrogen-bond acceptors (Lipinski definition) is 8. The van der Waals surface area contributed by atoms with E-state index in [-0.39, 0.29) is 18.7 Å². The molecule has 1 atom stereocenters. The van der Waals surface area contributed by atoms with Crippen molar-refractivity contribution in [3.63, 3.8) is 0 Å². The van der Waals surface area contributed by atoms with Crippen LogP contribution in [0.2, 0.25) is 0 Å². The van der Waals surface area contributed by atoms with Gasteiger partial charge in [0.15, 0.2) is 5.78 Å². The van der Waals surface area contributed by atoms with Gasteiger partial charge in [0, 0.05) is 25.1 Å². The second kappa shape index (κ2) is 21.7. The molecule has 2 amide bonds. The van der Waals surface area contributed by atoms with Gasteiger partial charge in [-0.3, -0.25) is 4.79 Å². The minimum absolute atomic E-state index is 0.0239. The predicted molar refractivity (Wildman–Crippen MR) is 204 cm³/mol. The summed E-state index contributed by atoms with van der Waals surface area (Å²) in [4.78, 5) is 35.6. The number of amides is 2. The van der Waals surface area contributed by atoms with Gasteiger partial charge in [0.05, 0.1) is 19.3 Å². The van der Waals surface area contributed by atoms with Gasteiger partial charge in [-0.2, -0.15) is 0 Å². The third kappa shape index (κ3) is 18.1. The molecule has 2 saturated carbocycles. The summed E-state index contributed by atoms with van der Waals surface area (Å²) in [7, 11) is 0. The number of benzene rings is 2. The molecule has 0 radical (unpaired) electrons. The first-order chi connectivity index (χ1) is 24.7. The molecule has 2 aliphatic rings. The van der Waals surface area contributed by atoms with Crippen LogP contribution in [0.15, 0.2) is 48.5 Å². The molecule has 0 heterocycles. The molecule has 1 unspecified atom stereocenters. The van der Waals surface area contributed by atoms with Crippen LogP contribution in [0, 0.1) is 11.8 Å². The van der Waals surface area contributed by atoms with Crippen LogP contribution in [-0.4, -0.2) is 60.6 Å². The van der Waals surface area contributed by atoms with Gasteiger partial charge in [-0.1, -0.05) is 62.8 Å². The number of carbonyl (C=O) groups excluding carboxylic acids is 3. The summed E-state index contributed by atoms with van der Waals surface area (Å²) in [6.07, 6.45) is 11.8. The number of aliphatic hydroxyl groups is 1. The van der Waals surface area contributed by atoms with E-state index in [9.17, 15) is 19.5 Å². The number of rotatable bonds is 14. The molecule has 2 aromatic carbocycles. The Morgan fingerprint density at radius 1 is 0.692 bits per heavy atom. The first-order valence-electron chi connectivity index (χ1n) is 19.3. The fourth-order valence-electron chi connectivity index (χ4n) is 6.24. The van der Waals surface area contributed by atoms with E-state index in [1.54, 1.807) is 32.9 Å². The lowest BCUT2D eigenvalue weighted by molar-refractivity contribution is 0.0509. The number of hydrogen-bond donors (Lipinski definition) is 3. The summed E-state index contributed by atoms with van der Waals surface area (Å²) in [5.74, 6) is 2.79. The van der Waals surface area contributed by atoms with E-state index in [0.717, 1.165) is 30.3 Å². The highest BCUT2D eigenvalue weighted by molar-refractivity contribution is 5.96. The van der Waals surface area contributed by atoms with E-state index < -0.39 is 29.5 Å². The van der Waals surface area contributed by atoms with Gasteiger partial charge in [0.2, 0.25) is 0 Å². The Labute approximate surface area is 311 Å². The molecule has 10 heteroatoms. The molecular formula is C42H64N2O8. The summed E-state index contributed by atoms with van der Waals surface area (Å²) in [6.45, 7) is 12.9. The fourth-order valence-corrected chi connectivity index (χ4v) is 6.24. The maximum absolute atomic E-state index is 12.3. The SMILES string of the molecule is CC(C)(C)OC(=O)NCCC(=O)c1cccc(OCC2CCCCC2)c1.CC(C)(C)OC(=O)NCCC(O)c1cccc(OCC2CCCCC2)c1. The molecule has 0 spiro atoms. The van der Waals surface area contributed by atoms with E-state index in [4.69, 9.17) is 18.9 Å². The van der Waals surface area contributed by atoms with Crippen molar-refractivity contribution in [2.75, 3.05) is 26.3 Å². The predicted octanol–water partition coefficient (Wildman–Crippen LogP) is 9.34. The Bertz CT molecular complexity index is 1370. The molecule has 0 aromatic heterocycles. The van der Waals surface area contributed by atoms with Gasteiger partial charge >= 0.3 is 12.2 Å². The van der Waals surface area contributed by atoms with Gasteiger partial charge in [-0.25, -0.2) is 9.59 Å². The zero-order chi connectivity index (χ0) is 38.0. The molecule has 52 heavy (non-hydrogen) atoms. The van der Waals surface area contributed by atoms with Crippen molar-refractivity contribution >= 4 is 18.0 Å². The Kier molecular flexibility index (Phi) is 17.8. The van der Waals surface area contributed by atoms with Crippen LogP contribution in [0.3, 0.4) is 0 Å². The molecular weight excluding hydrogens is 660 g/mol. The molecule has 2 fully saturated rings. The maximum atomic E-state index is 12.3. The zero-order valence-electron chi connectivity index (χ0n) is 32.5. The van der Waals surface area contributed by atoms with Crippen molar-refractivity contribution in [3.8, 4) is 11.5 Å². The Morgan fingerprint density at radius 2 is 1.17 bits per heavy atom. The molecule has 4 rings (SSSR count). The molecule has 10 nitrogen and oxygen atoms in total. The van der Waals surface area contributed by atoms with Gasteiger partial charge in [0.1, 0.15) is 22.7 Å². The van der Waals surface area contributed by atoms with E-state index in [2.05, 4.69) is 10.6 Å². The zero-order valence-corrected chi connectivity index (χ0v) is 32.5. The molecule has 0 aliphatic heterocycles. The number of carbonyl (C=O) groups is 3. The summed E-state index contributed by atoms with van der Waals surface area (Å²) in [5.41, 5.74) is 0.347. The topological polar surface area (TPSA) is 132 Å². The smallest absolute Gasteiger partial charge is 0.407 e. The second-order valence-corrected chi connectivity index (χ2v) is 16.1. The van der Waals surface area contributed by atoms with E-state index in [1.165, 1.54) is 64.2 Å². The quantitative estimate of drug-likeness (QED) is 0.164. The Balaban J connectivity index is 0.000000280. The van der Waals surface area contributed by atoms with Crippen molar-refractivity contribution in [2.24, 2.45) is 11.8 Å². The number of nitrogens with one attached hydrogen (secondary N) is 2. The van der Waals surface area contributed by atoms with Gasteiger partial charge in [-0.05, 0) is 115 Å². The van der Waals surface area contributed by atoms with Crippen molar-refractivity contribution in [1.29, 1.82) is 0 Å². The Hall–Kier alpha value is -3.79. The van der Waals surface area contributed by atoms with Crippen LogP contribution in [0.1, 0.15) is 141 Å². The number of ether oxygens (including phenoxy) is 4. The molecule has 2 aliphatic carbocycles. The van der Waals surface area contributed by atoms with Crippen molar-refractivity contribution in [3.05, 3.63) is 59.7 Å². The number of alkyl carbamates (subject to hydrolysis) is 2. The minimum Gasteiger partial charge on any atom is -0.493 e. The summed E-state index contributed by atoms with van der Waals surface area (Å²) >= 11 is 0. The second-order valence-electron chi connectivity index (χ2n) is 16.1. The van der Waals surface area contributed by atoms with E-state index in [0.29, 0.717) is 30.4 Å². The monoisotopic (exact) mass is 724 g/mol. The van der Waals surface area contributed by atoms with E-state index in [1.807, 2.05) is 57.2 Å². The fraction of sp³-hybridized carbons (Fsp3) is 0.643. The average Bonchev–Trinajstić information content (AvgIpc) is 3.09. The minimum atomic E-state index is -0.650. The van der Waals surface area contributed by atoms with Gasteiger partial charge in [0.25, 0.3) is 0 Å². The number of aliphatic hydroxyl groups excluding tert-OH is 1. The molecule has 0 saturated heterocycles. The summed E-state index contributed by atoms with van der Waals surface area (Å²) in [5, 5.41) is 15.6. The maximum Gasteiger partial charge on any atom is 0.407 e. The van der Waals surface area contributed by atoms with E-state index >= 15 is 0 Å². The van der Waals surface area contributed by atoms with Crippen molar-refractivity contribution in [2.45, 2.75) is 136 Å². The van der Waals surface area contributed by atoms with Crippen LogP contribution in [0.25, 0.3) is 0 Å². The lowest BCUT2D eigenvalue weighted by atomic mass is 9.90. The van der Waals surface area contributed by atoms with Gasteiger partial charge < -0.3 is 34.7 Å². The highest BCUT2D eigenvalue weighted by Crippen LogP contribution is 2.27. The first kappa shape index (κ1) is 42.6. The average molecular weight is 725 g/mol. The standard InChI is InChI=1S/C21H33NO4.C21H31NO4/c2*1-21(2,3)26-20(24)22-13-12-19(23)17-10-7-11-18(14-17)25-15-16-8-5-4-6-9-16/h7,10-11,14,16,19,23H,4-6,8-9,12-13,15H2,1-3H3,(H,22,24);7,10-11,14,16H,4-6,8-9,12-13,15H2,1-3H3,(H,22,24). The van der Waals surface area contributed by atoms with Crippen molar-refractivity contribution in [1.82, 2.24) is 10.6 Å². The first-order valence-corrected chi connectivity index (χ1v) is 19.3. The molecule has 2 aromatic rings. The van der Waals surface area contributed by atoms with Crippen LogP contribution >= 0.6 is 0 Å². The van der Waals surface area contributed by atoms with Crippen LogP contribution in [-0.2, 0) is 9.47 Å². The highest BCUT2D eigenvalue weighted by Gasteiger charge is 2.19. The largest absolute Gasteiger partial charge is 0.493 e. The number of ketones is 1. The Morgan fingerprint density at radius 3 is 1.69 bits per heavy atom.